The molecule has 1 saturated heterocycles. The van der Waals surface area contributed by atoms with Crippen LogP contribution in [-0.2, 0) is 14.3 Å². The average Bonchev–Trinajstić information content (AvgIpc) is 2.53. The SMILES string of the molecule is COC(=O)/C=C/C(=O)N1CCN(c2ccccc2C)CC1. The Kier molecular flexibility index (Phi) is 4.98. The maximum Gasteiger partial charge on any atom is 0.330 e. The summed E-state index contributed by atoms with van der Waals surface area (Å²) < 4.78 is 4.47. The third-order valence-electron chi connectivity index (χ3n) is 3.61. The minimum atomic E-state index is -0.512. The summed E-state index contributed by atoms with van der Waals surface area (Å²) in [5.74, 6) is -0.660. The van der Waals surface area contributed by atoms with Gasteiger partial charge in [0.1, 0.15) is 0 Å². The number of esters is 1. The number of rotatable bonds is 3. The van der Waals surface area contributed by atoms with Crippen LogP contribution in [0.1, 0.15) is 5.56 Å². The molecule has 0 atom stereocenters. The van der Waals surface area contributed by atoms with Gasteiger partial charge in [0.15, 0.2) is 0 Å². The van der Waals surface area contributed by atoms with Gasteiger partial charge in [-0.05, 0) is 18.6 Å². The Labute approximate surface area is 124 Å². The fourth-order valence-corrected chi connectivity index (χ4v) is 2.40. The monoisotopic (exact) mass is 288 g/mol. The highest BCUT2D eigenvalue weighted by atomic mass is 16.5. The number of nitrogens with zero attached hydrogens (tertiary/aromatic N) is 2. The van der Waals surface area contributed by atoms with E-state index in [4.69, 9.17) is 0 Å². The van der Waals surface area contributed by atoms with E-state index in [0.29, 0.717) is 13.1 Å². The highest BCUT2D eigenvalue weighted by Gasteiger charge is 2.20. The number of hydrogen-bond acceptors (Lipinski definition) is 4. The average molecular weight is 288 g/mol. The predicted octanol–water partition coefficient (Wildman–Crippen LogP) is 1.37. The molecule has 1 aromatic rings. The zero-order chi connectivity index (χ0) is 15.2. The lowest BCUT2D eigenvalue weighted by molar-refractivity contribution is -0.135. The molecule has 112 valence electrons. The lowest BCUT2D eigenvalue weighted by atomic mass is 10.1. The van der Waals surface area contributed by atoms with Crippen molar-refractivity contribution in [1.29, 1.82) is 0 Å². The molecule has 1 aromatic carbocycles. The van der Waals surface area contributed by atoms with Crippen LogP contribution in [0.3, 0.4) is 0 Å². The number of benzene rings is 1. The molecule has 0 aromatic heterocycles. The first kappa shape index (κ1) is 15.1. The highest BCUT2D eigenvalue weighted by Crippen LogP contribution is 2.20. The third kappa shape index (κ3) is 3.84. The Balaban J connectivity index is 1.91. The molecule has 5 nitrogen and oxygen atoms in total. The summed E-state index contributed by atoms with van der Waals surface area (Å²) in [6.07, 6.45) is 2.44. The molecule has 1 fully saturated rings. The minimum absolute atomic E-state index is 0.148. The molecule has 0 spiro atoms. The first-order chi connectivity index (χ1) is 10.1. The Hall–Kier alpha value is -2.30. The van der Waals surface area contributed by atoms with Crippen LogP contribution in [0.15, 0.2) is 36.4 Å². The van der Waals surface area contributed by atoms with E-state index in [9.17, 15) is 9.59 Å². The van der Waals surface area contributed by atoms with E-state index >= 15 is 0 Å². The smallest absolute Gasteiger partial charge is 0.330 e. The van der Waals surface area contributed by atoms with Crippen molar-refractivity contribution in [3.63, 3.8) is 0 Å². The molecule has 0 radical (unpaired) electrons. The van der Waals surface area contributed by atoms with Crippen molar-refractivity contribution >= 4 is 17.6 Å². The number of carbonyl (C=O) groups excluding carboxylic acids is 2. The van der Waals surface area contributed by atoms with Gasteiger partial charge >= 0.3 is 5.97 Å². The lowest BCUT2D eigenvalue weighted by Gasteiger charge is -2.36. The Morgan fingerprint density at radius 1 is 1.10 bits per heavy atom. The van der Waals surface area contributed by atoms with Crippen LogP contribution in [0.2, 0.25) is 0 Å². The number of carbonyl (C=O) groups is 2. The lowest BCUT2D eigenvalue weighted by Crippen LogP contribution is -2.48. The van der Waals surface area contributed by atoms with Crippen LogP contribution in [0.25, 0.3) is 0 Å². The van der Waals surface area contributed by atoms with Crippen LogP contribution < -0.4 is 4.90 Å². The second-order valence-corrected chi connectivity index (χ2v) is 4.96. The van der Waals surface area contributed by atoms with Crippen molar-refractivity contribution in [2.75, 3.05) is 38.2 Å². The molecule has 1 aliphatic rings. The van der Waals surface area contributed by atoms with E-state index < -0.39 is 5.97 Å². The van der Waals surface area contributed by atoms with Crippen molar-refractivity contribution in [2.24, 2.45) is 0 Å². The predicted molar refractivity (Wildman–Crippen MR) is 81.1 cm³/mol. The summed E-state index contributed by atoms with van der Waals surface area (Å²) in [6, 6.07) is 8.24. The van der Waals surface area contributed by atoms with Gasteiger partial charge in [0.05, 0.1) is 7.11 Å². The van der Waals surface area contributed by atoms with E-state index in [-0.39, 0.29) is 5.91 Å². The second kappa shape index (κ2) is 6.92. The molecule has 21 heavy (non-hydrogen) atoms. The summed E-state index contributed by atoms with van der Waals surface area (Å²) in [6.45, 7) is 4.98. The van der Waals surface area contributed by atoms with Gasteiger partial charge < -0.3 is 14.5 Å². The van der Waals surface area contributed by atoms with Gasteiger partial charge in [0.2, 0.25) is 5.91 Å². The van der Waals surface area contributed by atoms with Gasteiger partial charge in [0.25, 0.3) is 0 Å². The molecule has 1 heterocycles. The fraction of sp³-hybridized carbons (Fsp3) is 0.375. The molecule has 0 aliphatic carbocycles. The van der Waals surface area contributed by atoms with Crippen molar-refractivity contribution < 1.29 is 14.3 Å². The first-order valence-electron chi connectivity index (χ1n) is 6.97. The quantitative estimate of drug-likeness (QED) is 0.623. The third-order valence-corrected chi connectivity index (χ3v) is 3.61. The number of anilines is 1. The standard InChI is InChI=1S/C16H20N2O3/c1-13-5-3-4-6-14(13)17-9-11-18(12-10-17)15(19)7-8-16(20)21-2/h3-8H,9-12H2,1-2H3/b8-7+. The van der Waals surface area contributed by atoms with Crippen LogP contribution in [-0.4, -0.2) is 50.1 Å². The van der Waals surface area contributed by atoms with Gasteiger partial charge in [0, 0.05) is 44.0 Å². The number of ether oxygens (including phenoxy) is 1. The van der Waals surface area contributed by atoms with Crippen LogP contribution in [0, 0.1) is 6.92 Å². The summed E-state index contributed by atoms with van der Waals surface area (Å²) in [5, 5.41) is 0. The molecule has 2 rings (SSSR count). The second-order valence-electron chi connectivity index (χ2n) is 4.96. The fourth-order valence-electron chi connectivity index (χ4n) is 2.40. The molecule has 0 N–H and O–H groups in total. The number of amides is 1. The van der Waals surface area contributed by atoms with E-state index in [1.54, 1.807) is 4.90 Å². The van der Waals surface area contributed by atoms with Crippen LogP contribution in [0.5, 0.6) is 0 Å². The normalized spacial score (nSPS) is 15.3. The molecule has 1 aliphatic heterocycles. The van der Waals surface area contributed by atoms with Crippen molar-refractivity contribution in [1.82, 2.24) is 4.90 Å². The first-order valence-corrected chi connectivity index (χ1v) is 6.97. The topological polar surface area (TPSA) is 49.9 Å². The summed E-state index contributed by atoms with van der Waals surface area (Å²) >= 11 is 0. The zero-order valence-corrected chi connectivity index (χ0v) is 12.4. The summed E-state index contributed by atoms with van der Waals surface area (Å²) in [5.41, 5.74) is 2.46. The number of piperazine rings is 1. The molecular formula is C16H20N2O3. The molecule has 0 bridgehead atoms. The summed E-state index contributed by atoms with van der Waals surface area (Å²) in [4.78, 5) is 27.0. The maximum atomic E-state index is 11.9. The maximum absolute atomic E-state index is 11.9. The number of methoxy groups -OCH3 is 1. The molecular weight excluding hydrogens is 268 g/mol. The van der Waals surface area contributed by atoms with Gasteiger partial charge in [-0.2, -0.15) is 0 Å². The van der Waals surface area contributed by atoms with Gasteiger partial charge in [-0.3, -0.25) is 4.79 Å². The van der Waals surface area contributed by atoms with Gasteiger partial charge in [-0.25, -0.2) is 4.79 Å². The molecule has 0 unspecified atom stereocenters. The van der Waals surface area contributed by atoms with Gasteiger partial charge in [-0.15, -0.1) is 0 Å². The highest BCUT2D eigenvalue weighted by molar-refractivity contribution is 5.94. The number of para-hydroxylation sites is 1. The van der Waals surface area contributed by atoms with E-state index in [2.05, 4.69) is 28.7 Å². The zero-order valence-electron chi connectivity index (χ0n) is 12.4. The number of hydrogen-bond donors (Lipinski definition) is 0. The minimum Gasteiger partial charge on any atom is -0.466 e. The Morgan fingerprint density at radius 3 is 2.38 bits per heavy atom. The van der Waals surface area contributed by atoms with Crippen molar-refractivity contribution in [2.45, 2.75) is 6.92 Å². The Morgan fingerprint density at radius 2 is 1.76 bits per heavy atom. The van der Waals surface area contributed by atoms with E-state index in [1.807, 2.05) is 12.1 Å². The van der Waals surface area contributed by atoms with Gasteiger partial charge in [-0.1, -0.05) is 18.2 Å². The van der Waals surface area contributed by atoms with Crippen molar-refractivity contribution in [3.8, 4) is 0 Å². The number of aryl methyl sites for hydroxylation is 1. The van der Waals surface area contributed by atoms with E-state index in [1.165, 1.54) is 24.4 Å². The van der Waals surface area contributed by atoms with E-state index in [0.717, 1.165) is 19.2 Å². The largest absolute Gasteiger partial charge is 0.466 e. The molecule has 0 saturated carbocycles. The summed E-state index contributed by atoms with van der Waals surface area (Å²) in [7, 11) is 1.29. The van der Waals surface area contributed by atoms with Crippen LogP contribution >= 0.6 is 0 Å². The van der Waals surface area contributed by atoms with Crippen LogP contribution in [0.4, 0.5) is 5.69 Å². The Bertz CT molecular complexity index is 546. The molecule has 5 heteroatoms. The van der Waals surface area contributed by atoms with Crippen molar-refractivity contribution in [3.05, 3.63) is 42.0 Å². The molecule has 1 amide bonds.